The predicted octanol–water partition coefficient (Wildman–Crippen LogP) is 1.60. The van der Waals surface area contributed by atoms with Crippen LogP contribution in [0.2, 0.25) is 0 Å². The molecule has 2 fully saturated rings. The Labute approximate surface area is 193 Å². The third-order valence-electron chi connectivity index (χ3n) is 6.15. The molecule has 2 aliphatic rings. The van der Waals surface area contributed by atoms with Crippen molar-refractivity contribution in [2.45, 2.75) is 44.4 Å². The smallest absolute Gasteiger partial charge is 0.174 e. The molecule has 176 valence electrons. The number of hydrogen-bond donors (Lipinski definition) is 2. The molecule has 1 aliphatic carbocycles. The van der Waals surface area contributed by atoms with Gasteiger partial charge in [-0.15, -0.1) is 5.10 Å². The monoisotopic (exact) mass is 471 g/mol. The zero-order valence-corrected chi connectivity index (χ0v) is 19.2. The van der Waals surface area contributed by atoms with Gasteiger partial charge in [-0.25, -0.2) is 18.1 Å². The van der Waals surface area contributed by atoms with E-state index in [0.717, 1.165) is 36.3 Å². The summed E-state index contributed by atoms with van der Waals surface area (Å²) in [5.41, 5.74) is 2.04. The van der Waals surface area contributed by atoms with Crippen molar-refractivity contribution < 1.29 is 13.2 Å². The molecule has 3 heterocycles. The van der Waals surface area contributed by atoms with Crippen LogP contribution >= 0.6 is 0 Å². The van der Waals surface area contributed by atoms with Gasteiger partial charge >= 0.3 is 0 Å². The highest BCUT2D eigenvalue weighted by Crippen LogP contribution is 2.38. The molecule has 1 atom stereocenters. The summed E-state index contributed by atoms with van der Waals surface area (Å²) in [6, 6.07) is 9.78. The van der Waals surface area contributed by atoms with Gasteiger partial charge in [-0.05, 0) is 47.7 Å². The second-order valence-corrected chi connectivity index (χ2v) is 11.1. The number of H-pyrrole nitrogens is 1. The number of aromatic nitrogens is 6. The summed E-state index contributed by atoms with van der Waals surface area (Å²) >= 11 is 0. The number of sulfone groups is 1. The van der Waals surface area contributed by atoms with Crippen molar-refractivity contribution in [3.8, 4) is 0 Å². The van der Waals surface area contributed by atoms with E-state index in [1.165, 1.54) is 0 Å². The Morgan fingerprint density at radius 2 is 2.03 bits per heavy atom. The molecule has 1 saturated carbocycles. The molecule has 33 heavy (non-hydrogen) atoms. The van der Waals surface area contributed by atoms with Crippen LogP contribution in [0.4, 0.5) is 0 Å². The second kappa shape index (κ2) is 9.70. The van der Waals surface area contributed by atoms with E-state index in [1.54, 1.807) is 4.68 Å². The lowest BCUT2D eigenvalue weighted by atomic mass is 10.1. The molecule has 1 unspecified atom stereocenters. The van der Waals surface area contributed by atoms with Gasteiger partial charge < -0.3 is 15.0 Å². The van der Waals surface area contributed by atoms with Gasteiger partial charge in [0, 0.05) is 5.92 Å². The van der Waals surface area contributed by atoms with Gasteiger partial charge in [0.15, 0.2) is 15.7 Å². The average Bonchev–Trinajstić information content (AvgIpc) is 3.34. The molecule has 0 radical (unpaired) electrons. The maximum atomic E-state index is 11.5. The standard InChI is InChI=1S/C22H29N7O3S/c30-33(31)14-17(15-33)8-9-23-20(19-12-24-21(25-19)18-6-7-18)22-26-27-28-29(22)10-11-32-13-16-4-2-1-3-5-16/h1-5,12,17-18,20,23H,6-11,13-15H2,(H,24,25). The van der Waals surface area contributed by atoms with Crippen LogP contribution in [0.5, 0.6) is 0 Å². The lowest BCUT2D eigenvalue weighted by molar-refractivity contribution is 0.109. The molecular weight excluding hydrogens is 442 g/mol. The third-order valence-corrected chi connectivity index (χ3v) is 8.11. The Morgan fingerprint density at radius 3 is 2.79 bits per heavy atom. The molecule has 10 nitrogen and oxygen atoms in total. The topological polar surface area (TPSA) is 128 Å². The fourth-order valence-corrected chi connectivity index (χ4v) is 5.84. The lowest BCUT2D eigenvalue weighted by Gasteiger charge is -2.26. The van der Waals surface area contributed by atoms with E-state index < -0.39 is 9.84 Å². The number of tetrazole rings is 1. The van der Waals surface area contributed by atoms with Crippen LogP contribution in [0.1, 0.15) is 54.1 Å². The number of imidazole rings is 1. The highest BCUT2D eigenvalue weighted by molar-refractivity contribution is 7.92. The molecule has 0 spiro atoms. The summed E-state index contributed by atoms with van der Waals surface area (Å²) < 4.78 is 30.5. The van der Waals surface area contributed by atoms with Crippen molar-refractivity contribution in [1.82, 2.24) is 35.5 Å². The van der Waals surface area contributed by atoms with E-state index in [0.29, 0.717) is 38.0 Å². The Hall–Kier alpha value is -2.63. The first-order chi connectivity index (χ1) is 16.1. The first-order valence-electron chi connectivity index (χ1n) is 11.4. The van der Waals surface area contributed by atoms with Gasteiger partial charge in [-0.2, -0.15) is 0 Å². The van der Waals surface area contributed by atoms with E-state index in [-0.39, 0.29) is 23.5 Å². The van der Waals surface area contributed by atoms with Crippen molar-refractivity contribution in [3.05, 3.63) is 59.4 Å². The molecule has 11 heteroatoms. The van der Waals surface area contributed by atoms with Crippen LogP contribution in [-0.2, 0) is 27.7 Å². The minimum Gasteiger partial charge on any atom is -0.375 e. The number of nitrogens with zero attached hydrogens (tertiary/aromatic N) is 5. The SMILES string of the molecule is O=S1(=O)CC(CCNC(c2cnc(C3CC3)[nH]2)c2nnnn2CCOCc2ccccc2)C1. The number of benzene rings is 1. The van der Waals surface area contributed by atoms with E-state index in [9.17, 15) is 8.42 Å². The Bertz CT molecular complexity index is 1150. The summed E-state index contributed by atoms with van der Waals surface area (Å²) in [4.78, 5) is 8.01. The van der Waals surface area contributed by atoms with Gasteiger partial charge in [0.1, 0.15) is 11.9 Å². The fourth-order valence-electron chi connectivity index (χ4n) is 4.16. The highest BCUT2D eigenvalue weighted by atomic mass is 32.2. The molecule has 1 saturated heterocycles. The number of hydrogen-bond acceptors (Lipinski definition) is 8. The molecule has 1 aromatic carbocycles. The van der Waals surface area contributed by atoms with Gasteiger partial charge in [0.25, 0.3) is 0 Å². The summed E-state index contributed by atoms with van der Waals surface area (Å²) in [6.07, 6.45) is 4.97. The fraction of sp³-hybridized carbons (Fsp3) is 0.545. The Balaban J connectivity index is 1.23. The summed E-state index contributed by atoms with van der Waals surface area (Å²) in [5, 5.41) is 15.9. The molecule has 0 amide bonds. The van der Waals surface area contributed by atoms with Gasteiger partial charge in [-0.3, -0.25) is 0 Å². The number of aromatic amines is 1. The summed E-state index contributed by atoms with van der Waals surface area (Å²) in [5.74, 6) is 2.99. The highest BCUT2D eigenvalue weighted by Gasteiger charge is 2.33. The quantitative estimate of drug-likeness (QED) is 0.381. The Morgan fingerprint density at radius 1 is 1.21 bits per heavy atom. The van der Waals surface area contributed by atoms with Crippen molar-refractivity contribution in [2.75, 3.05) is 24.7 Å². The summed E-state index contributed by atoms with van der Waals surface area (Å²) in [6.45, 7) is 2.21. The first-order valence-corrected chi connectivity index (χ1v) is 13.3. The van der Waals surface area contributed by atoms with Gasteiger partial charge in [0.2, 0.25) is 0 Å². The number of ether oxygens (including phenoxy) is 1. The predicted molar refractivity (Wildman–Crippen MR) is 121 cm³/mol. The average molecular weight is 472 g/mol. The summed E-state index contributed by atoms with van der Waals surface area (Å²) in [7, 11) is -2.81. The van der Waals surface area contributed by atoms with E-state index in [4.69, 9.17) is 4.74 Å². The Kier molecular flexibility index (Phi) is 6.52. The molecule has 5 rings (SSSR count). The van der Waals surface area contributed by atoms with Crippen LogP contribution in [0.25, 0.3) is 0 Å². The van der Waals surface area contributed by atoms with Crippen molar-refractivity contribution in [2.24, 2.45) is 5.92 Å². The first kappa shape index (κ1) is 22.2. The third kappa shape index (κ3) is 5.66. The van der Waals surface area contributed by atoms with Crippen molar-refractivity contribution >= 4 is 9.84 Å². The maximum absolute atomic E-state index is 11.5. The molecule has 2 aromatic heterocycles. The minimum absolute atomic E-state index is 0.217. The van der Waals surface area contributed by atoms with E-state index >= 15 is 0 Å². The van der Waals surface area contributed by atoms with E-state index in [2.05, 4.69) is 30.8 Å². The van der Waals surface area contributed by atoms with Crippen LogP contribution in [-0.4, -0.2) is 63.3 Å². The van der Waals surface area contributed by atoms with Crippen LogP contribution in [0, 0.1) is 5.92 Å². The van der Waals surface area contributed by atoms with Crippen LogP contribution < -0.4 is 5.32 Å². The molecule has 0 bridgehead atoms. The second-order valence-electron chi connectivity index (χ2n) is 8.92. The largest absolute Gasteiger partial charge is 0.375 e. The molecule has 1 aliphatic heterocycles. The number of nitrogens with one attached hydrogen (secondary N) is 2. The lowest BCUT2D eigenvalue weighted by Crippen LogP contribution is -2.38. The van der Waals surface area contributed by atoms with Crippen molar-refractivity contribution in [3.63, 3.8) is 0 Å². The maximum Gasteiger partial charge on any atom is 0.174 e. The number of rotatable bonds is 12. The van der Waals surface area contributed by atoms with Crippen LogP contribution in [0.3, 0.4) is 0 Å². The zero-order chi connectivity index (χ0) is 22.7. The van der Waals surface area contributed by atoms with Gasteiger partial charge in [-0.1, -0.05) is 30.3 Å². The molecule has 2 N–H and O–H groups in total. The zero-order valence-electron chi connectivity index (χ0n) is 18.4. The minimum atomic E-state index is -2.81. The normalized spacial score (nSPS) is 18.8. The van der Waals surface area contributed by atoms with Crippen molar-refractivity contribution in [1.29, 1.82) is 0 Å². The van der Waals surface area contributed by atoms with Gasteiger partial charge in [0.05, 0.1) is 43.2 Å². The van der Waals surface area contributed by atoms with Crippen LogP contribution in [0.15, 0.2) is 36.5 Å². The molecule has 3 aromatic rings. The van der Waals surface area contributed by atoms with E-state index in [1.807, 2.05) is 36.5 Å². The molecular formula is C22H29N7O3S.